The van der Waals surface area contributed by atoms with E-state index in [4.69, 9.17) is 9.47 Å². The zero-order chi connectivity index (χ0) is 15.1. The Hall–Kier alpha value is -0.650. The number of carbonyl (C=O) groups is 1. The van der Waals surface area contributed by atoms with Crippen LogP contribution in [0.1, 0.15) is 34.1 Å². The number of hydrogen-bond acceptors (Lipinski definition) is 5. The first-order chi connectivity index (χ1) is 9.43. The van der Waals surface area contributed by atoms with Crippen molar-refractivity contribution in [2.45, 2.75) is 52.3 Å². The van der Waals surface area contributed by atoms with Crippen molar-refractivity contribution in [2.75, 3.05) is 33.4 Å². The van der Waals surface area contributed by atoms with Crippen LogP contribution in [-0.2, 0) is 14.3 Å². The van der Waals surface area contributed by atoms with Crippen LogP contribution in [0.3, 0.4) is 0 Å². The maximum absolute atomic E-state index is 11.8. The molecular weight excluding hydrogens is 256 g/mol. The lowest BCUT2D eigenvalue weighted by atomic mass is 10.0. The van der Waals surface area contributed by atoms with E-state index in [0.29, 0.717) is 18.5 Å². The van der Waals surface area contributed by atoms with Crippen molar-refractivity contribution < 1.29 is 14.3 Å². The predicted molar refractivity (Wildman–Crippen MR) is 79.7 cm³/mol. The maximum Gasteiger partial charge on any atom is 0.322 e. The summed E-state index contributed by atoms with van der Waals surface area (Å²) in [5.74, 6) is 0.265. The zero-order valence-corrected chi connectivity index (χ0v) is 13.5. The first-order valence-electron chi connectivity index (χ1n) is 7.60. The summed E-state index contributed by atoms with van der Waals surface area (Å²) in [6, 6.07) is 0.298. The van der Waals surface area contributed by atoms with Crippen molar-refractivity contribution in [3.63, 3.8) is 0 Å². The normalized spacial score (nSPS) is 22.2. The van der Waals surface area contributed by atoms with Gasteiger partial charge in [-0.3, -0.25) is 9.69 Å². The third kappa shape index (κ3) is 5.77. The number of morpholine rings is 1. The van der Waals surface area contributed by atoms with Crippen LogP contribution in [0.25, 0.3) is 0 Å². The minimum absolute atomic E-state index is 0.144. The quantitative estimate of drug-likeness (QED) is 0.714. The predicted octanol–water partition coefficient (Wildman–Crippen LogP) is 1.27. The van der Waals surface area contributed by atoms with Gasteiger partial charge in [-0.05, 0) is 26.2 Å². The summed E-state index contributed by atoms with van der Waals surface area (Å²) in [6.07, 6.45) is 0.929. The molecule has 5 heteroatoms. The van der Waals surface area contributed by atoms with Gasteiger partial charge in [0.1, 0.15) is 6.04 Å². The van der Waals surface area contributed by atoms with Gasteiger partial charge in [-0.15, -0.1) is 0 Å². The highest BCUT2D eigenvalue weighted by atomic mass is 16.5. The summed E-state index contributed by atoms with van der Waals surface area (Å²) in [4.78, 5) is 14.2. The van der Waals surface area contributed by atoms with Crippen LogP contribution in [0.4, 0.5) is 0 Å². The summed E-state index contributed by atoms with van der Waals surface area (Å²) >= 11 is 0. The molecule has 0 aromatic heterocycles. The van der Waals surface area contributed by atoms with Crippen molar-refractivity contribution in [3.8, 4) is 0 Å². The molecule has 0 saturated carbocycles. The molecule has 0 aromatic rings. The Morgan fingerprint density at radius 1 is 1.40 bits per heavy atom. The monoisotopic (exact) mass is 286 g/mol. The molecule has 2 unspecified atom stereocenters. The van der Waals surface area contributed by atoms with Crippen LogP contribution in [0.5, 0.6) is 0 Å². The molecular formula is C15H30N2O3. The second-order valence-electron chi connectivity index (χ2n) is 6.20. The minimum Gasteiger partial charge on any atom is -0.468 e. The average Bonchev–Trinajstić information content (AvgIpc) is 2.42. The summed E-state index contributed by atoms with van der Waals surface area (Å²) in [5.41, 5.74) is 0. The average molecular weight is 286 g/mol. The highest BCUT2D eigenvalue weighted by molar-refractivity contribution is 5.75. The van der Waals surface area contributed by atoms with Crippen LogP contribution >= 0.6 is 0 Å². The van der Waals surface area contributed by atoms with Crippen LogP contribution in [0.2, 0.25) is 0 Å². The van der Waals surface area contributed by atoms with Gasteiger partial charge in [0.25, 0.3) is 0 Å². The fourth-order valence-electron chi connectivity index (χ4n) is 2.48. The molecule has 5 nitrogen and oxygen atoms in total. The number of nitrogens with zero attached hydrogens (tertiary/aromatic N) is 1. The van der Waals surface area contributed by atoms with Gasteiger partial charge in [0.15, 0.2) is 0 Å². The molecule has 20 heavy (non-hydrogen) atoms. The van der Waals surface area contributed by atoms with Gasteiger partial charge in [-0.2, -0.15) is 0 Å². The first-order valence-corrected chi connectivity index (χ1v) is 7.60. The van der Waals surface area contributed by atoms with Crippen molar-refractivity contribution in [1.29, 1.82) is 0 Å². The molecule has 1 heterocycles. The maximum atomic E-state index is 11.8. The molecule has 2 atom stereocenters. The van der Waals surface area contributed by atoms with Gasteiger partial charge in [-0.1, -0.05) is 13.8 Å². The second-order valence-corrected chi connectivity index (χ2v) is 6.20. The fraction of sp³-hybridized carbons (Fsp3) is 0.933. The SMILES string of the molecule is COC(=O)C(CC(C)C)NCC1CN(C(C)C)CCO1. The third-order valence-corrected chi connectivity index (χ3v) is 3.69. The van der Waals surface area contributed by atoms with E-state index in [0.717, 1.165) is 26.1 Å². The molecule has 1 aliphatic heterocycles. The first kappa shape index (κ1) is 17.4. The third-order valence-electron chi connectivity index (χ3n) is 3.69. The molecule has 1 rings (SSSR count). The van der Waals surface area contributed by atoms with E-state index in [-0.39, 0.29) is 18.1 Å². The van der Waals surface area contributed by atoms with Gasteiger partial charge in [0.05, 0.1) is 19.8 Å². The van der Waals surface area contributed by atoms with Crippen LogP contribution in [0.15, 0.2) is 0 Å². The second kappa shape index (κ2) is 8.60. The molecule has 0 aliphatic carbocycles. The highest BCUT2D eigenvalue weighted by Gasteiger charge is 2.25. The zero-order valence-electron chi connectivity index (χ0n) is 13.5. The van der Waals surface area contributed by atoms with E-state index < -0.39 is 0 Å². The molecule has 0 bridgehead atoms. The lowest BCUT2D eigenvalue weighted by molar-refractivity contribution is -0.143. The number of carbonyl (C=O) groups excluding carboxylic acids is 1. The van der Waals surface area contributed by atoms with E-state index in [1.54, 1.807) is 0 Å². The minimum atomic E-state index is -0.238. The summed E-state index contributed by atoms with van der Waals surface area (Å²) in [6.45, 7) is 12.0. The van der Waals surface area contributed by atoms with Crippen molar-refractivity contribution in [2.24, 2.45) is 5.92 Å². The molecule has 118 valence electrons. The van der Waals surface area contributed by atoms with Gasteiger partial charge >= 0.3 is 5.97 Å². The molecule has 1 aliphatic rings. The number of rotatable bonds is 7. The van der Waals surface area contributed by atoms with Crippen LogP contribution in [0, 0.1) is 5.92 Å². The number of nitrogens with one attached hydrogen (secondary N) is 1. The Labute approximate surface area is 123 Å². The largest absolute Gasteiger partial charge is 0.468 e. The molecule has 0 radical (unpaired) electrons. The van der Waals surface area contributed by atoms with Crippen LogP contribution < -0.4 is 5.32 Å². The number of esters is 1. The fourth-order valence-corrected chi connectivity index (χ4v) is 2.48. The van der Waals surface area contributed by atoms with E-state index in [9.17, 15) is 4.79 Å². The molecule has 1 N–H and O–H groups in total. The van der Waals surface area contributed by atoms with Gasteiger partial charge in [0.2, 0.25) is 0 Å². The Morgan fingerprint density at radius 2 is 2.10 bits per heavy atom. The van der Waals surface area contributed by atoms with Gasteiger partial charge in [-0.25, -0.2) is 0 Å². The van der Waals surface area contributed by atoms with Crippen molar-refractivity contribution >= 4 is 5.97 Å². The summed E-state index contributed by atoms with van der Waals surface area (Å²) in [5, 5.41) is 3.30. The van der Waals surface area contributed by atoms with E-state index in [1.807, 2.05) is 0 Å². The highest BCUT2D eigenvalue weighted by Crippen LogP contribution is 2.10. The summed E-state index contributed by atoms with van der Waals surface area (Å²) in [7, 11) is 1.44. The Kier molecular flexibility index (Phi) is 7.48. The number of methoxy groups -OCH3 is 1. The number of ether oxygens (including phenoxy) is 2. The lowest BCUT2D eigenvalue weighted by Gasteiger charge is -2.36. The van der Waals surface area contributed by atoms with E-state index in [2.05, 4.69) is 37.9 Å². The standard InChI is InChI=1S/C15H30N2O3/c1-11(2)8-14(15(18)19-5)16-9-13-10-17(12(3)4)6-7-20-13/h11-14,16H,6-10H2,1-5H3. The van der Waals surface area contributed by atoms with Gasteiger partial charge < -0.3 is 14.8 Å². The lowest BCUT2D eigenvalue weighted by Crippen LogP contribution is -2.51. The van der Waals surface area contributed by atoms with Crippen molar-refractivity contribution in [3.05, 3.63) is 0 Å². The van der Waals surface area contributed by atoms with Gasteiger partial charge in [0, 0.05) is 25.7 Å². The molecule has 0 amide bonds. The Bertz CT molecular complexity index is 295. The Balaban J connectivity index is 2.43. The van der Waals surface area contributed by atoms with Crippen LogP contribution in [-0.4, -0.2) is 62.4 Å². The topological polar surface area (TPSA) is 50.8 Å². The molecule has 1 saturated heterocycles. The molecule has 0 spiro atoms. The molecule has 0 aromatic carbocycles. The smallest absolute Gasteiger partial charge is 0.322 e. The Morgan fingerprint density at radius 3 is 2.65 bits per heavy atom. The van der Waals surface area contributed by atoms with E-state index in [1.165, 1.54) is 7.11 Å². The number of hydrogen-bond donors (Lipinski definition) is 1. The van der Waals surface area contributed by atoms with E-state index >= 15 is 0 Å². The van der Waals surface area contributed by atoms with Crippen molar-refractivity contribution in [1.82, 2.24) is 10.2 Å². The molecule has 1 fully saturated rings. The summed E-state index contributed by atoms with van der Waals surface area (Å²) < 4.78 is 10.6.